The molecule has 1 aliphatic heterocycles. The van der Waals surface area contributed by atoms with E-state index in [9.17, 15) is 0 Å². The molecule has 1 fully saturated rings. The van der Waals surface area contributed by atoms with Gasteiger partial charge in [-0.15, -0.1) is 23.5 Å². The Labute approximate surface area is 75.7 Å². The van der Waals surface area contributed by atoms with Gasteiger partial charge in [0.1, 0.15) is 0 Å². The van der Waals surface area contributed by atoms with Gasteiger partial charge in [0.25, 0.3) is 0 Å². The van der Waals surface area contributed by atoms with Crippen molar-refractivity contribution in [3.63, 3.8) is 0 Å². The lowest BCUT2D eigenvalue weighted by molar-refractivity contribution is 1.00. The first kappa shape index (κ1) is 8.50. The molecule has 2 unspecified atom stereocenters. The molecule has 0 aromatic rings. The zero-order chi connectivity index (χ0) is 6.91. The van der Waals surface area contributed by atoms with E-state index in [1.54, 1.807) is 0 Å². The maximum absolute atomic E-state index is 4.48. The average molecular weight is 198 g/mol. The highest BCUT2D eigenvalue weighted by molar-refractivity contribution is 8.19. The molecule has 1 saturated heterocycles. The number of hydrogen-bond donors (Lipinski definition) is 2. The molecule has 0 aromatic carbocycles. The lowest BCUT2D eigenvalue weighted by Crippen LogP contribution is -2.27. The molecule has 1 heterocycles. The maximum atomic E-state index is 4.48. The highest BCUT2D eigenvalue weighted by atomic mass is 32.2. The summed E-state index contributed by atoms with van der Waals surface area (Å²) in [6.07, 6.45) is 0. The van der Waals surface area contributed by atoms with E-state index in [4.69, 9.17) is 0 Å². The molecule has 1 aliphatic rings. The molecule has 0 aliphatic carbocycles. The standard InChI is InChI=1S/C5H10S4/c1-5(7)4(6)8-2-3-9-5/h4,6-7H,2-3H2,1H3. The molecule has 9 heavy (non-hydrogen) atoms. The number of hydrogen-bond acceptors (Lipinski definition) is 4. The minimum absolute atomic E-state index is 0.0754. The number of thioether (sulfide) groups is 2. The van der Waals surface area contributed by atoms with Crippen molar-refractivity contribution in [2.45, 2.75) is 15.6 Å². The molecule has 4 heteroatoms. The molecule has 0 saturated carbocycles. The Morgan fingerprint density at radius 1 is 1.56 bits per heavy atom. The van der Waals surface area contributed by atoms with Crippen molar-refractivity contribution < 1.29 is 0 Å². The van der Waals surface area contributed by atoms with Crippen molar-refractivity contribution in [2.24, 2.45) is 0 Å². The van der Waals surface area contributed by atoms with Gasteiger partial charge in [0.15, 0.2) is 0 Å². The summed E-state index contributed by atoms with van der Waals surface area (Å²) in [4.78, 5) is 0. The molecule has 54 valence electrons. The molecule has 0 aromatic heterocycles. The van der Waals surface area contributed by atoms with Crippen LogP contribution in [0.25, 0.3) is 0 Å². The summed E-state index contributed by atoms with van der Waals surface area (Å²) in [5.41, 5.74) is 0. The first-order valence-electron chi connectivity index (χ1n) is 2.79. The molecular weight excluding hydrogens is 188 g/mol. The second-order valence-electron chi connectivity index (χ2n) is 2.13. The Hall–Kier alpha value is 1.40. The Kier molecular flexibility index (Phi) is 3.02. The van der Waals surface area contributed by atoms with Crippen LogP contribution in [0.1, 0.15) is 6.92 Å². The van der Waals surface area contributed by atoms with Crippen LogP contribution >= 0.6 is 48.8 Å². The number of rotatable bonds is 0. The quantitative estimate of drug-likeness (QED) is 0.574. The first-order valence-corrected chi connectivity index (χ1v) is 5.79. The van der Waals surface area contributed by atoms with Crippen LogP contribution in [0, 0.1) is 0 Å². The third-order valence-electron chi connectivity index (χ3n) is 1.21. The van der Waals surface area contributed by atoms with Crippen LogP contribution in [-0.4, -0.2) is 20.2 Å². The lowest BCUT2D eigenvalue weighted by Gasteiger charge is -2.33. The minimum atomic E-state index is 0.0754. The maximum Gasteiger partial charge on any atom is 0.0760 e. The topological polar surface area (TPSA) is 0 Å². The Morgan fingerprint density at radius 2 is 2.22 bits per heavy atom. The van der Waals surface area contributed by atoms with Crippen LogP contribution in [0.2, 0.25) is 0 Å². The summed E-state index contributed by atoms with van der Waals surface area (Å²) in [5, 5.41) is 0. The van der Waals surface area contributed by atoms with Gasteiger partial charge in [-0.3, -0.25) is 0 Å². The Balaban J connectivity index is 2.49. The van der Waals surface area contributed by atoms with E-state index in [0.717, 1.165) is 0 Å². The summed E-state index contributed by atoms with van der Waals surface area (Å²) in [6.45, 7) is 2.13. The van der Waals surface area contributed by atoms with Crippen LogP contribution < -0.4 is 0 Å². The van der Waals surface area contributed by atoms with Gasteiger partial charge >= 0.3 is 0 Å². The largest absolute Gasteiger partial charge is 0.163 e. The van der Waals surface area contributed by atoms with Gasteiger partial charge in [-0.2, -0.15) is 25.3 Å². The van der Waals surface area contributed by atoms with Gasteiger partial charge in [-0.05, 0) is 6.92 Å². The molecule has 0 nitrogen and oxygen atoms in total. The van der Waals surface area contributed by atoms with Crippen molar-refractivity contribution in [1.29, 1.82) is 0 Å². The summed E-state index contributed by atoms with van der Waals surface area (Å²) in [7, 11) is 0. The average Bonchev–Trinajstić information content (AvgIpc) is 1.77. The van der Waals surface area contributed by atoms with Crippen molar-refractivity contribution in [3.8, 4) is 0 Å². The van der Waals surface area contributed by atoms with Gasteiger partial charge in [-0.1, -0.05) is 0 Å². The van der Waals surface area contributed by atoms with Crippen molar-refractivity contribution in [2.75, 3.05) is 11.5 Å². The van der Waals surface area contributed by atoms with Gasteiger partial charge < -0.3 is 0 Å². The van der Waals surface area contributed by atoms with Crippen LogP contribution in [0.4, 0.5) is 0 Å². The first-order chi connectivity index (χ1) is 4.13. The fourth-order valence-corrected chi connectivity index (χ4v) is 3.89. The number of thiol groups is 2. The minimum Gasteiger partial charge on any atom is -0.163 e. The molecular formula is C5H10S4. The molecule has 2 atom stereocenters. The van der Waals surface area contributed by atoms with Crippen LogP contribution in [0.3, 0.4) is 0 Å². The molecule has 1 rings (SSSR count). The van der Waals surface area contributed by atoms with Crippen molar-refractivity contribution >= 4 is 48.8 Å². The van der Waals surface area contributed by atoms with Crippen LogP contribution in [-0.2, 0) is 0 Å². The summed E-state index contributed by atoms with van der Waals surface area (Å²) in [6, 6.07) is 0. The van der Waals surface area contributed by atoms with E-state index in [1.807, 2.05) is 23.5 Å². The third-order valence-corrected chi connectivity index (χ3v) is 6.24. The second-order valence-corrected chi connectivity index (χ2v) is 6.98. The van der Waals surface area contributed by atoms with Crippen molar-refractivity contribution in [1.82, 2.24) is 0 Å². The van der Waals surface area contributed by atoms with E-state index in [-0.39, 0.29) is 4.08 Å². The predicted octanol–water partition coefficient (Wildman–Crippen LogP) is 2.37. The van der Waals surface area contributed by atoms with E-state index in [0.29, 0.717) is 4.58 Å². The molecule has 0 spiro atoms. The highest BCUT2D eigenvalue weighted by Crippen LogP contribution is 2.44. The smallest absolute Gasteiger partial charge is 0.0760 e. The van der Waals surface area contributed by atoms with E-state index >= 15 is 0 Å². The van der Waals surface area contributed by atoms with Gasteiger partial charge in [-0.25, -0.2) is 0 Å². The van der Waals surface area contributed by atoms with Gasteiger partial charge in [0.05, 0.1) is 8.66 Å². The summed E-state index contributed by atoms with van der Waals surface area (Å²) < 4.78 is 0.464. The van der Waals surface area contributed by atoms with E-state index < -0.39 is 0 Å². The lowest BCUT2D eigenvalue weighted by atomic mass is 10.5. The monoisotopic (exact) mass is 198 g/mol. The zero-order valence-electron chi connectivity index (χ0n) is 5.20. The van der Waals surface area contributed by atoms with Crippen LogP contribution in [0.15, 0.2) is 0 Å². The van der Waals surface area contributed by atoms with E-state index in [2.05, 4.69) is 32.2 Å². The fourth-order valence-electron chi connectivity index (χ4n) is 0.634. The van der Waals surface area contributed by atoms with Crippen LogP contribution in [0.5, 0.6) is 0 Å². The molecule has 0 N–H and O–H groups in total. The molecule has 0 bridgehead atoms. The highest BCUT2D eigenvalue weighted by Gasteiger charge is 2.31. The molecule has 0 radical (unpaired) electrons. The van der Waals surface area contributed by atoms with E-state index in [1.165, 1.54) is 11.5 Å². The predicted molar refractivity (Wildman–Crippen MR) is 55.1 cm³/mol. The Bertz CT molecular complexity index is 101. The SMILES string of the molecule is CC1(S)SCCSC1S. The van der Waals surface area contributed by atoms with Gasteiger partial charge in [0.2, 0.25) is 0 Å². The Morgan fingerprint density at radius 3 is 2.56 bits per heavy atom. The normalized spacial score (nSPS) is 45.0. The summed E-state index contributed by atoms with van der Waals surface area (Å²) >= 11 is 12.7. The van der Waals surface area contributed by atoms with Crippen molar-refractivity contribution in [3.05, 3.63) is 0 Å². The van der Waals surface area contributed by atoms with Gasteiger partial charge in [0, 0.05) is 11.5 Å². The fraction of sp³-hybridized carbons (Fsp3) is 1.00. The summed E-state index contributed by atoms with van der Waals surface area (Å²) in [5.74, 6) is 2.43. The molecule has 0 amide bonds. The second kappa shape index (κ2) is 3.20. The third kappa shape index (κ3) is 2.17. The zero-order valence-corrected chi connectivity index (χ0v) is 8.62.